The molecule has 0 amide bonds. The molecule has 1 rings (SSSR count). The molecule has 0 radical (unpaired) electrons. The van der Waals surface area contributed by atoms with Gasteiger partial charge in [0.05, 0.1) is 6.42 Å². The van der Waals surface area contributed by atoms with Crippen LogP contribution in [0.15, 0.2) is 10.9 Å². The second-order valence-electron chi connectivity index (χ2n) is 3.05. The number of rotatable bonds is 4. The average Bonchev–Trinajstić information content (AvgIpc) is 2.19. The molecule has 4 nitrogen and oxygen atoms in total. The highest BCUT2D eigenvalue weighted by Gasteiger charge is 2.19. The lowest BCUT2D eigenvalue weighted by molar-refractivity contribution is -0.136. The minimum absolute atomic E-state index is 0.0426. The van der Waals surface area contributed by atoms with Crippen LogP contribution in [-0.2, 0) is 16.5 Å². The molecular weight excluding hydrogens is 288 g/mol. The Balaban J connectivity index is 3.38. The van der Waals surface area contributed by atoms with Gasteiger partial charge in [0.1, 0.15) is 0 Å². The van der Waals surface area contributed by atoms with Crippen LogP contribution in [0.2, 0.25) is 0 Å². The molecule has 0 spiro atoms. The van der Waals surface area contributed by atoms with Gasteiger partial charge in [-0.15, -0.1) is 0 Å². The van der Waals surface area contributed by atoms with Crippen molar-refractivity contribution in [2.24, 2.45) is 0 Å². The molecule has 0 bridgehead atoms. The number of nitrogens with one attached hydrogen (secondary N) is 1. The summed E-state index contributed by atoms with van der Waals surface area (Å²) in [7, 11) is 0. The van der Waals surface area contributed by atoms with E-state index in [2.05, 4.69) is 20.9 Å². The molecular formula is C9H8BrF2NO3. The molecule has 0 fully saturated rings. The Morgan fingerprint density at radius 1 is 1.56 bits per heavy atom. The van der Waals surface area contributed by atoms with Crippen LogP contribution in [0.1, 0.15) is 23.2 Å². The van der Waals surface area contributed by atoms with Crippen LogP contribution in [0.25, 0.3) is 0 Å². The van der Waals surface area contributed by atoms with Crippen LogP contribution in [0.4, 0.5) is 8.78 Å². The summed E-state index contributed by atoms with van der Waals surface area (Å²) >= 11 is 3.01. The Kier molecular flexibility index (Phi) is 4.17. The van der Waals surface area contributed by atoms with Crippen molar-refractivity contribution < 1.29 is 18.7 Å². The quantitative estimate of drug-likeness (QED) is 0.833. The molecule has 0 saturated heterocycles. The molecule has 0 aliphatic rings. The van der Waals surface area contributed by atoms with E-state index in [1.165, 1.54) is 0 Å². The van der Waals surface area contributed by atoms with Gasteiger partial charge in [-0.05, 0) is 5.56 Å². The first-order valence-electron chi connectivity index (χ1n) is 4.26. The van der Waals surface area contributed by atoms with E-state index in [9.17, 15) is 18.4 Å². The summed E-state index contributed by atoms with van der Waals surface area (Å²) in [6.45, 7) is 0. The maximum atomic E-state index is 12.6. The monoisotopic (exact) mass is 295 g/mol. The van der Waals surface area contributed by atoms with E-state index in [0.29, 0.717) is 0 Å². The number of carbonyl (C=O) groups is 1. The smallest absolute Gasteiger partial charge is 0.307 e. The Bertz CT molecular complexity index is 459. The molecule has 0 aliphatic heterocycles. The molecule has 1 aromatic rings. The number of hydrogen-bond donors (Lipinski definition) is 2. The van der Waals surface area contributed by atoms with Crippen LogP contribution in [0.5, 0.6) is 0 Å². The van der Waals surface area contributed by atoms with Gasteiger partial charge in [-0.3, -0.25) is 9.59 Å². The average molecular weight is 296 g/mol. The Hall–Kier alpha value is -1.24. The van der Waals surface area contributed by atoms with Crippen molar-refractivity contribution in [2.45, 2.75) is 18.2 Å². The summed E-state index contributed by atoms with van der Waals surface area (Å²) < 4.78 is 25.2. The lowest BCUT2D eigenvalue weighted by atomic mass is 10.0. The van der Waals surface area contributed by atoms with Crippen molar-refractivity contribution in [3.05, 3.63) is 33.2 Å². The highest BCUT2D eigenvalue weighted by atomic mass is 79.9. The van der Waals surface area contributed by atoms with Crippen molar-refractivity contribution in [1.82, 2.24) is 4.98 Å². The first kappa shape index (κ1) is 12.8. The van der Waals surface area contributed by atoms with Crippen molar-refractivity contribution in [3.8, 4) is 0 Å². The van der Waals surface area contributed by atoms with E-state index in [-0.39, 0.29) is 16.6 Å². The Morgan fingerprint density at radius 3 is 2.62 bits per heavy atom. The normalized spacial score (nSPS) is 10.8. The molecule has 2 N–H and O–H groups in total. The van der Waals surface area contributed by atoms with E-state index < -0.39 is 29.9 Å². The molecule has 1 aromatic heterocycles. The maximum Gasteiger partial charge on any atom is 0.307 e. The predicted molar refractivity (Wildman–Crippen MR) is 56.0 cm³/mol. The molecule has 88 valence electrons. The van der Waals surface area contributed by atoms with E-state index in [0.717, 1.165) is 6.07 Å². The number of aliphatic carboxylic acids is 1. The number of alkyl halides is 3. The summed E-state index contributed by atoms with van der Waals surface area (Å²) in [5, 5.41) is 8.73. The number of carboxylic acid groups (broad SMARTS) is 1. The fourth-order valence-electron chi connectivity index (χ4n) is 1.33. The summed E-state index contributed by atoms with van der Waals surface area (Å²) in [6, 6.07) is 0.731. The topological polar surface area (TPSA) is 70.2 Å². The molecule has 7 heteroatoms. The van der Waals surface area contributed by atoms with Crippen molar-refractivity contribution in [3.63, 3.8) is 0 Å². The second kappa shape index (κ2) is 5.20. The number of halogens is 3. The van der Waals surface area contributed by atoms with Gasteiger partial charge in [-0.1, -0.05) is 15.9 Å². The molecule has 0 saturated carbocycles. The van der Waals surface area contributed by atoms with Crippen molar-refractivity contribution >= 4 is 21.9 Å². The molecule has 0 atom stereocenters. The Labute approximate surface area is 97.4 Å². The van der Waals surface area contributed by atoms with Gasteiger partial charge < -0.3 is 10.1 Å². The van der Waals surface area contributed by atoms with Gasteiger partial charge in [0.2, 0.25) is 5.56 Å². The second-order valence-corrected chi connectivity index (χ2v) is 3.61. The minimum atomic E-state index is -2.87. The van der Waals surface area contributed by atoms with Crippen LogP contribution in [0, 0.1) is 0 Å². The molecule has 1 heterocycles. The fraction of sp³-hybridized carbons (Fsp3) is 0.333. The molecule has 0 aliphatic carbocycles. The molecule has 0 unspecified atom stereocenters. The lowest BCUT2D eigenvalue weighted by Crippen LogP contribution is -2.16. The highest BCUT2D eigenvalue weighted by molar-refractivity contribution is 9.08. The van der Waals surface area contributed by atoms with Crippen LogP contribution < -0.4 is 5.56 Å². The summed E-state index contributed by atoms with van der Waals surface area (Å²) in [5.41, 5.74) is -1.07. The largest absolute Gasteiger partial charge is 0.481 e. The van der Waals surface area contributed by atoms with Gasteiger partial charge in [0, 0.05) is 22.7 Å². The SMILES string of the molecule is O=C(O)Cc1c(C(F)F)cc(=O)[nH]c1CBr. The first-order chi connectivity index (χ1) is 7.45. The number of aromatic nitrogens is 1. The zero-order valence-electron chi connectivity index (χ0n) is 7.97. The summed E-state index contributed by atoms with van der Waals surface area (Å²) in [6.07, 6.45) is -3.41. The number of aromatic amines is 1. The van der Waals surface area contributed by atoms with Gasteiger partial charge >= 0.3 is 5.97 Å². The summed E-state index contributed by atoms with van der Waals surface area (Å²) in [4.78, 5) is 23.9. The third-order valence-electron chi connectivity index (χ3n) is 1.97. The zero-order chi connectivity index (χ0) is 12.3. The lowest BCUT2D eigenvalue weighted by Gasteiger charge is -2.10. The maximum absolute atomic E-state index is 12.6. The van der Waals surface area contributed by atoms with E-state index in [4.69, 9.17) is 5.11 Å². The van der Waals surface area contributed by atoms with Crippen molar-refractivity contribution in [2.75, 3.05) is 0 Å². The summed E-state index contributed by atoms with van der Waals surface area (Å²) in [5.74, 6) is -1.23. The van der Waals surface area contributed by atoms with Crippen LogP contribution in [0.3, 0.4) is 0 Å². The third kappa shape index (κ3) is 2.88. The fourth-order valence-corrected chi connectivity index (χ4v) is 1.81. The molecule has 0 aromatic carbocycles. The Morgan fingerprint density at radius 2 is 2.19 bits per heavy atom. The number of pyridine rings is 1. The predicted octanol–water partition coefficient (Wildman–Crippen LogP) is 1.83. The molecule has 16 heavy (non-hydrogen) atoms. The van der Waals surface area contributed by atoms with Crippen LogP contribution in [-0.4, -0.2) is 16.1 Å². The van der Waals surface area contributed by atoms with Gasteiger partial charge in [0.15, 0.2) is 0 Å². The van der Waals surface area contributed by atoms with Gasteiger partial charge in [-0.2, -0.15) is 0 Å². The zero-order valence-corrected chi connectivity index (χ0v) is 9.55. The van der Waals surface area contributed by atoms with E-state index in [1.807, 2.05) is 0 Å². The number of H-pyrrole nitrogens is 1. The van der Waals surface area contributed by atoms with Gasteiger partial charge in [0.25, 0.3) is 6.43 Å². The van der Waals surface area contributed by atoms with E-state index in [1.54, 1.807) is 0 Å². The number of hydrogen-bond acceptors (Lipinski definition) is 2. The minimum Gasteiger partial charge on any atom is -0.481 e. The third-order valence-corrected chi connectivity index (χ3v) is 2.53. The first-order valence-corrected chi connectivity index (χ1v) is 5.38. The highest BCUT2D eigenvalue weighted by Crippen LogP contribution is 2.24. The van der Waals surface area contributed by atoms with Crippen molar-refractivity contribution in [1.29, 1.82) is 0 Å². The standard InChI is InChI=1S/C9H8BrF2NO3/c10-3-6-4(2-8(15)16)5(9(11)12)1-7(14)13-6/h1,9H,2-3H2,(H,13,14)(H,15,16). The van der Waals surface area contributed by atoms with E-state index >= 15 is 0 Å². The van der Waals surface area contributed by atoms with Crippen LogP contribution >= 0.6 is 15.9 Å². The number of carboxylic acids is 1. The van der Waals surface area contributed by atoms with Gasteiger partial charge in [-0.25, -0.2) is 8.78 Å².